The van der Waals surface area contributed by atoms with Gasteiger partial charge < -0.3 is 5.32 Å². The van der Waals surface area contributed by atoms with Crippen molar-refractivity contribution in [2.75, 3.05) is 25.1 Å². The fourth-order valence-corrected chi connectivity index (χ4v) is 5.16. The number of nitrogens with one attached hydrogen (secondary N) is 2. The Balaban J connectivity index is 2.72. The van der Waals surface area contributed by atoms with Crippen LogP contribution in [-0.2, 0) is 16.6 Å². The summed E-state index contributed by atoms with van der Waals surface area (Å²) in [6.07, 6.45) is 2.03. The Morgan fingerprint density at radius 1 is 1.45 bits per heavy atom. The Morgan fingerprint density at radius 2 is 2.15 bits per heavy atom. The molecule has 2 N–H and O–H groups in total. The molecule has 1 atom stereocenters. The van der Waals surface area contributed by atoms with Crippen molar-refractivity contribution in [3.8, 4) is 0 Å². The van der Waals surface area contributed by atoms with Crippen molar-refractivity contribution >= 4 is 33.1 Å². The zero-order valence-corrected chi connectivity index (χ0v) is 15.0. The van der Waals surface area contributed by atoms with Gasteiger partial charge in [0.1, 0.15) is 4.21 Å². The van der Waals surface area contributed by atoms with Gasteiger partial charge in [-0.25, -0.2) is 13.1 Å². The summed E-state index contributed by atoms with van der Waals surface area (Å²) in [4.78, 5) is 1.09. The Bertz CT molecular complexity index is 512. The maximum atomic E-state index is 12.3. The third-order valence-electron chi connectivity index (χ3n) is 2.87. The molecule has 1 rings (SSSR count). The molecule has 116 valence electrons. The van der Waals surface area contributed by atoms with Gasteiger partial charge in [-0.2, -0.15) is 11.8 Å². The van der Waals surface area contributed by atoms with Gasteiger partial charge in [-0.1, -0.05) is 13.8 Å². The van der Waals surface area contributed by atoms with Crippen LogP contribution in [-0.4, -0.2) is 33.5 Å². The van der Waals surface area contributed by atoms with E-state index < -0.39 is 10.0 Å². The summed E-state index contributed by atoms with van der Waals surface area (Å²) < 4.78 is 27.6. The van der Waals surface area contributed by atoms with Crippen LogP contribution in [0.15, 0.2) is 10.3 Å². The summed E-state index contributed by atoms with van der Waals surface area (Å²) >= 11 is 3.08. The second-order valence-electron chi connectivity index (χ2n) is 4.86. The van der Waals surface area contributed by atoms with Gasteiger partial charge in [-0.15, -0.1) is 11.3 Å². The topological polar surface area (TPSA) is 58.2 Å². The summed E-state index contributed by atoms with van der Waals surface area (Å²) in [6.45, 7) is 8.14. The van der Waals surface area contributed by atoms with Crippen LogP contribution in [0.25, 0.3) is 0 Å². The van der Waals surface area contributed by atoms with Crippen LogP contribution in [0, 0.1) is 12.8 Å². The summed E-state index contributed by atoms with van der Waals surface area (Å²) in [5, 5.41) is 3.23. The lowest BCUT2D eigenvalue weighted by Gasteiger charge is -2.10. The van der Waals surface area contributed by atoms with E-state index in [-0.39, 0.29) is 0 Å². The Kier molecular flexibility index (Phi) is 7.53. The van der Waals surface area contributed by atoms with Gasteiger partial charge in [0.15, 0.2) is 0 Å². The number of thioether (sulfide) groups is 1. The van der Waals surface area contributed by atoms with E-state index >= 15 is 0 Å². The van der Waals surface area contributed by atoms with E-state index in [4.69, 9.17) is 0 Å². The molecule has 0 saturated carbocycles. The molecule has 0 fully saturated rings. The first kappa shape index (κ1) is 18.0. The van der Waals surface area contributed by atoms with Gasteiger partial charge in [0.2, 0.25) is 10.0 Å². The number of sulfonamides is 1. The summed E-state index contributed by atoms with van der Waals surface area (Å²) in [5.74, 6) is 1.29. The first-order chi connectivity index (χ1) is 9.40. The van der Waals surface area contributed by atoms with Crippen molar-refractivity contribution in [1.82, 2.24) is 10.0 Å². The van der Waals surface area contributed by atoms with Gasteiger partial charge in [0.05, 0.1) is 0 Å². The Labute approximate surface area is 130 Å². The minimum atomic E-state index is -3.37. The van der Waals surface area contributed by atoms with Crippen LogP contribution in [0.3, 0.4) is 0 Å². The van der Waals surface area contributed by atoms with Crippen molar-refractivity contribution in [2.45, 2.75) is 31.5 Å². The number of aryl methyl sites for hydroxylation is 1. The molecule has 1 unspecified atom stereocenters. The standard InChI is InChI=1S/C13H24N2O2S3/c1-5-14-8-12-11(3)6-13(19-12)20(16,17)15-7-10(2)9-18-4/h6,10,14-15H,5,7-9H2,1-4H3. The molecule has 20 heavy (non-hydrogen) atoms. The van der Waals surface area contributed by atoms with Crippen LogP contribution < -0.4 is 10.0 Å². The van der Waals surface area contributed by atoms with Gasteiger partial charge in [-0.3, -0.25) is 0 Å². The van der Waals surface area contributed by atoms with Crippen LogP contribution >= 0.6 is 23.1 Å². The fraction of sp³-hybridized carbons (Fsp3) is 0.692. The molecule has 1 aromatic heterocycles. The van der Waals surface area contributed by atoms with E-state index in [1.165, 1.54) is 11.3 Å². The van der Waals surface area contributed by atoms with E-state index in [9.17, 15) is 8.42 Å². The predicted molar refractivity (Wildman–Crippen MR) is 89.2 cm³/mol. The number of hydrogen-bond donors (Lipinski definition) is 2. The van der Waals surface area contributed by atoms with Crippen molar-refractivity contribution < 1.29 is 8.42 Å². The third-order valence-corrected chi connectivity index (χ3v) is 6.91. The largest absolute Gasteiger partial charge is 0.312 e. The zero-order valence-electron chi connectivity index (χ0n) is 12.5. The highest BCUT2D eigenvalue weighted by Gasteiger charge is 2.19. The highest BCUT2D eigenvalue weighted by molar-refractivity contribution is 7.98. The summed E-state index contributed by atoms with van der Waals surface area (Å²) in [6, 6.07) is 1.76. The molecule has 7 heteroatoms. The molecule has 0 saturated heterocycles. The third kappa shape index (κ3) is 5.37. The molecule has 0 aliphatic rings. The first-order valence-corrected chi connectivity index (χ1v) is 10.4. The van der Waals surface area contributed by atoms with E-state index in [2.05, 4.69) is 17.0 Å². The van der Waals surface area contributed by atoms with Crippen LogP contribution in [0.2, 0.25) is 0 Å². The number of thiophene rings is 1. The minimum Gasteiger partial charge on any atom is -0.312 e. The molecule has 0 radical (unpaired) electrons. The van der Waals surface area contributed by atoms with Crippen molar-refractivity contribution in [3.63, 3.8) is 0 Å². The van der Waals surface area contributed by atoms with Crippen molar-refractivity contribution in [1.29, 1.82) is 0 Å². The summed E-state index contributed by atoms with van der Waals surface area (Å²) in [7, 11) is -3.37. The van der Waals surface area contributed by atoms with Gasteiger partial charge in [-0.05, 0) is 43.0 Å². The SMILES string of the molecule is CCNCc1sc(S(=O)(=O)NCC(C)CSC)cc1C. The Hall–Kier alpha value is -0.0800. The highest BCUT2D eigenvalue weighted by atomic mass is 32.2. The zero-order chi connectivity index (χ0) is 15.2. The van der Waals surface area contributed by atoms with Gasteiger partial charge in [0, 0.05) is 18.0 Å². The van der Waals surface area contributed by atoms with Crippen molar-refractivity contribution in [3.05, 3.63) is 16.5 Å². The van der Waals surface area contributed by atoms with E-state index in [1.54, 1.807) is 17.8 Å². The molecule has 0 amide bonds. The second-order valence-corrected chi connectivity index (χ2v) is 8.91. The molecule has 0 spiro atoms. The number of rotatable bonds is 9. The van der Waals surface area contributed by atoms with Crippen LogP contribution in [0.4, 0.5) is 0 Å². The molecule has 1 heterocycles. The van der Waals surface area contributed by atoms with E-state index in [0.29, 0.717) is 16.7 Å². The maximum Gasteiger partial charge on any atom is 0.250 e. The lowest BCUT2D eigenvalue weighted by molar-refractivity contribution is 0.564. The second kappa shape index (κ2) is 8.38. The Morgan fingerprint density at radius 3 is 2.75 bits per heavy atom. The average molecular weight is 337 g/mol. The number of hydrogen-bond acceptors (Lipinski definition) is 5. The average Bonchev–Trinajstić information content (AvgIpc) is 2.77. The maximum absolute atomic E-state index is 12.3. The first-order valence-electron chi connectivity index (χ1n) is 6.69. The lowest BCUT2D eigenvalue weighted by atomic mass is 10.2. The quantitative estimate of drug-likeness (QED) is 0.727. The molecule has 0 aliphatic carbocycles. The van der Waals surface area contributed by atoms with Gasteiger partial charge in [0.25, 0.3) is 0 Å². The molecule has 0 aliphatic heterocycles. The fourth-order valence-electron chi connectivity index (χ4n) is 1.70. The molecule has 0 aromatic carbocycles. The van der Waals surface area contributed by atoms with Crippen molar-refractivity contribution in [2.24, 2.45) is 5.92 Å². The molecular weight excluding hydrogens is 312 g/mol. The lowest BCUT2D eigenvalue weighted by Crippen LogP contribution is -2.28. The summed E-state index contributed by atoms with van der Waals surface area (Å²) in [5.41, 5.74) is 1.04. The molecule has 4 nitrogen and oxygen atoms in total. The van der Waals surface area contributed by atoms with Gasteiger partial charge >= 0.3 is 0 Å². The predicted octanol–water partition coefficient (Wildman–Crippen LogP) is 2.44. The van der Waals surface area contributed by atoms with Crippen LogP contribution in [0.5, 0.6) is 0 Å². The monoisotopic (exact) mass is 336 g/mol. The molecular formula is C13H24N2O2S3. The molecule has 1 aromatic rings. The van der Waals surface area contributed by atoms with Crippen LogP contribution in [0.1, 0.15) is 24.3 Å². The highest BCUT2D eigenvalue weighted by Crippen LogP contribution is 2.25. The van der Waals surface area contributed by atoms with E-state index in [1.807, 2.05) is 20.1 Å². The minimum absolute atomic E-state index is 0.335. The molecule has 0 bridgehead atoms. The smallest absolute Gasteiger partial charge is 0.250 e. The van der Waals surface area contributed by atoms with E-state index in [0.717, 1.165) is 29.3 Å². The normalized spacial score (nSPS) is 13.6.